The van der Waals surface area contributed by atoms with E-state index in [0.29, 0.717) is 0 Å². The molecular weight excluding hydrogens is 280 g/mol. The van der Waals surface area contributed by atoms with Crippen molar-refractivity contribution < 1.29 is 0 Å². The molecule has 1 heterocycles. The molecule has 0 saturated heterocycles. The predicted molar refractivity (Wildman–Crippen MR) is 94.6 cm³/mol. The highest BCUT2D eigenvalue weighted by atomic mass is 35.5. The normalized spacial score (nSPS) is 12.7. The summed E-state index contributed by atoms with van der Waals surface area (Å²) < 4.78 is 0. The molecule has 1 aliphatic heterocycles. The van der Waals surface area contributed by atoms with Crippen LogP contribution < -0.4 is 10.2 Å². The van der Waals surface area contributed by atoms with Gasteiger partial charge < -0.3 is 10.2 Å². The molecule has 2 aromatic rings. The SMILES string of the molecule is CNCCC1=Cc2ccccc2N(C)c2ccccc21.Cl. The predicted octanol–water partition coefficient (Wildman–Crippen LogP) is 4.34. The quantitative estimate of drug-likeness (QED) is 0.907. The van der Waals surface area contributed by atoms with Gasteiger partial charge in [0.05, 0.1) is 0 Å². The lowest BCUT2D eigenvalue weighted by atomic mass is 9.99. The Kier molecular flexibility index (Phi) is 5.05. The number of benzene rings is 2. The Morgan fingerprint density at radius 3 is 2.38 bits per heavy atom. The third-order valence-electron chi connectivity index (χ3n) is 3.88. The molecule has 110 valence electrons. The van der Waals surface area contributed by atoms with Crippen LogP contribution in [-0.2, 0) is 0 Å². The first-order chi connectivity index (χ1) is 9.81. The number of rotatable bonds is 3. The van der Waals surface area contributed by atoms with E-state index in [4.69, 9.17) is 0 Å². The molecule has 0 unspecified atom stereocenters. The van der Waals surface area contributed by atoms with Gasteiger partial charge in [0.1, 0.15) is 0 Å². The molecule has 3 rings (SSSR count). The minimum atomic E-state index is 0. The molecule has 0 aromatic heterocycles. The van der Waals surface area contributed by atoms with Gasteiger partial charge in [0.2, 0.25) is 0 Å². The number of nitrogens with zero attached hydrogens (tertiary/aromatic N) is 1. The summed E-state index contributed by atoms with van der Waals surface area (Å²) in [5.74, 6) is 0. The van der Waals surface area contributed by atoms with Crippen molar-refractivity contribution >= 4 is 35.4 Å². The van der Waals surface area contributed by atoms with Gasteiger partial charge in [0, 0.05) is 24.0 Å². The Labute approximate surface area is 132 Å². The first-order valence-corrected chi connectivity index (χ1v) is 7.08. The monoisotopic (exact) mass is 300 g/mol. The first-order valence-electron chi connectivity index (χ1n) is 7.08. The van der Waals surface area contributed by atoms with Gasteiger partial charge in [-0.25, -0.2) is 0 Å². The minimum Gasteiger partial charge on any atom is -0.344 e. The van der Waals surface area contributed by atoms with E-state index in [1.807, 2.05) is 7.05 Å². The second-order valence-electron chi connectivity index (χ2n) is 5.16. The molecule has 1 aliphatic rings. The van der Waals surface area contributed by atoms with Crippen LogP contribution >= 0.6 is 12.4 Å². The fourth-order valence-electron chi connectivity index (χ4n) is 2.81. The average molecular weight is 301 g/mol. The highest BCUT2D eigenvalue weighted by Crippen LogP contribution is 2.39. The van der Waals surface area contributed by atoms with Crippen molar-refractivity contribution in [2.24, 2.45) is 0 Å². The van der Waals surface area contributed by atoms with Crippen LogP contribution in [0.4, 0.5) is 11.4 Å². The summed E-state index contributed by atoms with van der Waals surface area (Å²) in [5, 5.41) is 3.25. The van der Waals surface area contributed by atoms with Crippen LogP contribution in [0.2, 0.25) is 0 Å². The first kappa shape index (κ1) is 15.6. The van der Waals surface area contributed by atoms with Gasteiger partial charge in [-0.05, 0) is 49.4 Å². The van der Waals surface area contributed by atoms with Gasteiger partial charge in [-0.2, -0.15) is 0 Å². The third kappa shape index (κ3) is 2.97. The van der Waals surface area contributed by atoms with E-state index in [1.54, 1.807) is 0 Å². The maximum Gasteiger partial charge on any atom is 0.0484 e. The van der Waals surface area contributed by atoms with Crippen LogP contribution in [0.1, 0.15) is 17.5 Å². The molecule has 21 heavy (non-hydrogen) atoms. The molecule has 2 aromatic carbocycles. The average Bonchev–Trinajstić information content (AvgIpc) is 2.62. The summed E-state index contributed by atoms with van der Waals surface area (Å²) in [6.45, 7) is 0.992. The molecule has 0 saturated carbocycles. The Bertz CT molecular complexity index is 649. The summed E-state index contributed by atoms with van der Waals surface area (Å²) in [6.07, 6.45) is 3.37. The summed E-state index contributed by atoms with van der Waals surface area (Å²) in [7, 11) is 4.15. The molecule has 0 fully saturated rings. The summed E-state index contributed by atoms with van der Waals surface area (Å²) >= 11 is 0. The Morgan fingerprint density at radius 1 is 0.952 bits per heavy atom. The molecule has 2 nitrogen and oxygen atoms in total. The largest absolute Gasteiger partial charge is 0.344 e. The van der Waals surface area contributed by atoms with E-state index < -0.39 is 0 Å². The zero-order valence-corrected chi connectivity index (χ0v) is 13.3. The van der Waals surface area contributed by atoms with Crippen LogP contribution in [0.3, 0.4) is 0 Å². The third-order valence-corrected chi connectivity index (χ3v) is 3.88. The molecular formula is C18H21ClN2. The van der Waals surface area contributed by atoms with E-state index >= 15 is 0 Å². The molecule has 0 atom stereocenters. The van der Waals surface area contributed by atoms with Crippen molar-refractivity contribution in [2.75, 3.05) is 25.5 Å². The lowest BCUT2D eigenvalue weighted by Gasteiger charge is -2.22. The fourth-order valence-corrected chi connectivity index (χ4v) is 2.81. The van der Waals surface area contributed by atoms with Crippen molar-refractivity contribution in [1.29, 1.82) is 0 Å². The number of nitrogens with one attached hydrogen (secondary N) is 1. The number of hydrogen-bond donors (Lipinski definition) is 1. The molecule has 0 aliphatic carbocycles. The zero-order valence-electron chi connectivity index (χ0n) is 12.5. The topological polar surface area (TPSA) is 15.3 Å². The van der Waals surface area contributed by atoms with E-state index in [-0.39, 0.29) is 12.4 Å². The Morgan fingerprint density at radius 2 is 1.62 bits per heavy atom. The van der Waals surface area contributed by atoms with Crippen LogP contribution in [0.15, 0.2) is 48.5 Å². The van der Waals surface area contributed by atoms with Crippen molar-refractivity contribution in [1.82, 2.24) is 5.32 Å². The van der Waals surface area contributed by atoms with E-state index in [0.717, 1.165) is 13.0 Å². The molecule has 0 bridgehead atoms. The van der Waals surface area contributed by atoms with E-state index in [1.165, 1.54) is 28.1 Å². The number of halogens is 1. The molecule has 0 radical (unpaired) electrons. The second kappa shape index (κ2) is 6.79. The number of anilines is 2. The lowest BCUT2D eigenvalue weighted by molar-refractivity contribution is 0.816. The van der Waals surface area contributed by atoms with Crippen LogP contribution in [0.25, 0.3) is 11.6 Å². The van der Waals surface area contributed by atoms with Crippen LogP contribution in [-0.4, -0.2) is 20.6 Å². The second-order valence-corrected chi connectivity index (χ2v) is 5.16. The van der Waals surface area contributed by atoms with Crippen molar-refractivity contribution in [3.05, 3.63) is 59.7 Å². The van der Waals surface area contributed by atoms with Gasteiger partial charge in [-0.15, -0.1) is 12.4 Å². The molecule has 0 spiro atoms. The lowest BCUT2D eigenvalue weighted by Crippen LogP contribution is -2.12. The summed E-state index contributed by atoms with van der Waals surface area (Å²) in [5.41, 5.74) is 6.56. The zero-order chi connectivity index (χ0) is 13.9. The standard InChI is InChI=1S/C18H20N2.ClH/c1-19-12-11-14-13-15-7-3-5-9-17(15)20(2)18-10-6-4-8-16(14)18;/h3-10,13,19H,11-12H2,1-2H3;1H. The molecule has 3 heteroatoms. The maximum atomic E-state index is 3.25. The van der Waals surface area contributed by atoms with E-state index in [2.05, 4.69) is 71.9 Å². The molecule has 0 amide bonds. The Hall–Kier alpha value is -1.77. The summed E-state index contributed by atoms with van der Waals surface area (Å²) in [6, 6.07) is 17.2. The van der Waals surface area contributed by atoms with Gasteiger partial charge >= 0.3 is 0 Å². The van der Waals surface area contributed by atoms with Crippen LogP contribution in [0.5, 0.6) is 0 Å². The van der Waals surface area contributed by atoms with Gasteiger partial charge in [-0.3, -0.25) is 0 Å². The van der Waals surface area contributed by atoms with E-state index in [9.17, 15) is 0 Å². The van der Waals surface area contributed by atoms with Gasteiger partial charge in [0.25, 0.3) is 0 Å². The van der Waals surface area contributed by atoms with Crippen molar-refractivity contribution in [2.45, 2.75) is 6.42 Å². The highest BCUT2D eigenvalue weighted by Gasteiger charge is 2.17. The maximum absolute atomic E-state index is 3.25. The number of hydrogen-bond acceptors (Lipinski definition) is 2. The van der Waals surface area contributed by atoms with Gasteiger partial charge in [0.15, 0.2) is 0 Å². The minimum absolute atomic E-state index is 0. The smallest absolute Gasteiger partial charge is 0.0484 e. The Balaban J connectivity index is 0.00000161. The number of fused-ring (bicyclic) bond motifs is 2. The summed E-state index contributed by atoms with van der Waals surface area (Å²) in [4.78, 5) is 2.29. The van der Waals surface area contributed by atoms with Gasteiger partial charge in [-0.1, -0.05) is 36.4 Å². The number of para-hydroxylation sites is 2. The highest BCUT2D eigenvalue weighted by molar-refractivity contribution is 5.94. The van der Waals surface area contributed by atoms with Crippen LogP contribution in [0, 0.1) is 0 Å². The van der Waals surface area contributed by atoms with Crippen molar-refractivity contribution in [3.63, 3.8) is 0 Å². The fraction of sp³-hybridized carbons (Fsp3) is 0.222. The molecule has 1 N–H and O–H groups in total. The van der Waals surface area contributed by atoms with Crippen molar-refractivity contribution in [3.8, 4) is 0 Å².